The van der Waals surface area contributed by atoms with E-state index in [0.717, 1.165) is 12.1 Å². The summed E-state index contributed by atoms with van der Waals surface area (Å²) in [6.45, 7) is 0.471. The van der Waals surface area contributed by atoms with Gasteiger partial charge in [0.15, 0.2) is 0 Å². The van der Waals surface area contributed by atoms with Crippen LogP contribution in [0.2, 0.25) is 0 Å². The van der Waals surface area contributed by atoms with Crippen LogP contribution in [0, 0.1) is 11.7 Å². The Balaban J connectivity index is 2.09. The average Bonchev–Trinajstić information content (AvgIpc) is 2.37. The number of hydrogen-bond acceptors (Lipinski definition) is 2. The second-order valence-electron chi connectivity index (χ2n) is 5.27. The monoisotopic (exact) mass is 305 g/mol. The molecule has 1 aromatic carbocycles. The Bertz CT molecular complexity index is 530. The van der Waals surface area contributed by atoms with Crippen molar-refractivity contribution in [2.45, 2.75) is 25.6 Å². The van der Waals surface area contributed by atoms with Crippen molar-refractivity contribution in [2.24, 2.45) is 5.92 Å². The summed E-state index contributed by atoms with van der Waals surface area (Å²) in [7, 11) is 0. The first-order valence-electron chi connectivity index (χ1n) is 6.57. The van der Waals surface area contributed by atoms with E-state index in [1.165, 1.54) is 6.07 Å². The largest absolute Gasteiger partial charge is 0.478 e. The molecule has 1 N–H and O–H groups in total. The van der Waals surface area contributed by atoms with Gasteiger partial charge < -0.3 is 5.11 Å². The van der Waals surface area contributed by atoms with Crippen LogP contribution < -0.4 is 0 Å². The van der Waals surface area contributed by atoms with E-state index < -0.39 is 23.9 Å². The molecular weight excluding hydrogens is 290 g/mol. The summed E-state index contributed by atoms with van der Waals surface area (Å²) >= 11 is 0. The molecule has 21 heavy (non-hydrogen) atoms. The van der Waals surface area contributed by atoms with Gasteiger partial charge >= 0.3 is 12.1 Å². The predicted molar refractivity (Wildman–Crippen MR) is 67.4 cm³/mol. The smallest absolute Gasteiger partial charge is 0.393 e. The average molecular weight is 305 g/mol. The lowest BCUT2D eigenvalue weighted by Gasteiger charge is -2.33. The van der Waals surface area contributed by atoms with E-state index in [0.29, 0.717) is 18.5 Å². The molecule has 2 rings (SSSR count). The zero-order valence-corrected chi connectivity index (χ0v) is 11.2. The first kappa shape index (κ1) is 15.8. The molecule has 0 aromatic heterocycles. The zero-order valence-electron chi connectivity index (χ0n) is 11.2. The summed E-state index contributed by atoms with van der Waals surface area (Å²) in [5.74, 6) is -3.34. The van der Waals surface area contributed by atoms with E-state index in [2.05, 4.69) is 0 Å². The Morgan fingerprint density at radius 2 is 2.05 bits per heavy atom. The van der Waals surface area contributed by atoms with Gasteiger partial charge in [0, 0.05) is 13.1 Å². The van der Waals surface area contributed by atoms with Gasteiger partial charge in [-0.3, -0.25) is 4.90 Å². The van der Waals surface area contributed by atoms with Crippen molar-refractivity contribution in [3.05, 3.63) is 35.1 Å². The minimum Gasteiger partial charge on any atom is -0.478 e. The molecule has 116 valence electrons. The Hall–Kier alpha value is -1.63. The lowest BCUT2D eigenvalue weighted by Crippen LogP contribution is -2.41. The summed E-state index contributed by atoms with van der Waals surface area (Å²) in [4.78, 5) is 12.4. The summed E-state index contributed by atoms with van der Waals surface area (Å²) in [6.07, 6.45) is -3.71. The van der Waals surface area contributed by atoms with Crippen molar-refractivity contribution in [2.75, 3.05) is 13.1 Å². The van der Waals surface area contributed by atoms with Crippen molar-refractivity contribution >= 4 is 5.97 Å². The quantitative estimate of drug-likeness (QED) is 0.871. The van der Waals surface area contributed by atoms with E-state index >= 15 is 0 Å². The molecule has 0 saturated carbocycles. The molecule has 0 aliphatic carbocycles. The number of carbonyl (C=O) groups is 1. The third-order valence-corrected chi connectivity index (χ3v) is 3.58. The highest BCUT2D eigenvalue weighted by Crippen LogP contribution is 2.33. The first-order chi connectivity index (χ1) is 9.75. The van der Waals surface area contributed by atoms with Gasteiger partial charge in [0.25, 0.3) is 0 Å². The number of hydrogen-bond donors (Lipinski definition) is 1. The molecular formula is C14H15F4NO2. The molecule has 0 spiro atoms. The molecule has 1 atom stereocenters. The van der Waals surface area contributed by atoms with Crippen LogP contribution in [0.25, 0.3) is 0 Å². The molecule has 1 aliphatic heterocycles. The standard InChI is InChI=1S/C14H15F4NO2/c15-12-5-9(4-10(6-12)13(20)21)7-19-3-1-2-11(8-19)14(16,17)18/h4-6,11H,1-3,7-8H2,(H,20,21). The maximum absolute atomic E-state index is 13.3. The molecule has 1 saturated heterocycles. The summed E-state index contributed by atoms with van der Waals surface area (Å²) in [6, 6.07) is 3.34. The topological polar surface area (TPSA) is 40.5 Å². The SMILES string of the molecule is O=C(O)c1cc(F)cc(CN2CCCC(C(F)(F)F)C2)c1. The maximum Gasteiger partial charge on any atom is 0.393 e. The van der Waals surface area contributed by atoms with Crippen molar-refractivity contribution in [1.82, 2.24) is 4.90 Å². The highest BCUT2D eigenvalue weighted by atomic mass is 19.4. The molecule has 1 fully saturated rings. The minimum absolute atomic E-state index is 0.101. The highest BCUT2D eigenvalue weighted by molar-refractivity contribution is 5.87. The van der Waals surface area contributed by atoms with Crippen LogP contribution in [-0.4, -0.2) is 35.2 Å². The lowest BCUT2D eigenvalue weighted by atomic mass is 9.97. The molecule has 1 unspecified atom stereocenters. The molecule has 1 aromatic rings. The molecule has 1 heterocycles. The van der Waals surface area contributed by atoms with Crippen LogP contribution in [0.4, 0.5) is 17.6 Å². The Labute approximate surface area is 119 Å². The number of nitrogens with zero attached hydrogens (tertiary/aromatic N) is 1. The number of halogens is 4. The molecule has 1 aliphatic rings. The minimum atomic E-state index is -4.23. The molecule has 7 heteroatoms. The number of alkyl halides is 3. The van der Waals surface area contributed by atoms with Gasteiger partial charge in [0.1, 0.15) is 5.82 Å². The second-order valence-corrected chi connectivity index (χ2v) is 5.27. The van der Waals surface area contributed by atoms with Gasteiger partial charge in [0.2, 0.25) is 0 Å². The molecule has 0 bridgehead atoms. The molecule has 0 amide bonds. The fourth-order valence-corrected chi connectivity index (χ4v) is 2.59. The Kier molecular flexibility index (Phi) is 4.51. The maximum atomic E-state index is 13.3. The van der Waals surface area contributed by atoms with Gasteiger partial charge in [-0.1, -0.05) is 0 Å². The van der Waals surface area contributed by atoms with Crippen LogP contribution in [0.5, 0.6) is 0 Å². The number of rotatable bonds is 3. The van der Waals surface area contributed by atoms with Crippen LogP contribution in [-0.2, 0) is 6.54 Å². The van der Waals surface area contributed by atoms with E-state index in [9.17, 15) is 22.4 Å². The third kappa shape index (κ3) is 4.17. The highest BCUT2D eigenvalue weighted by Gasteiger charge is 2.41. The summed E-state index contributed by atoms with van der Waals surface area (Å²) < 4.78 is 51.5. The van der Waals surface area contributed by atoms with Gasteiger partial charge in [-0.15, -0.1) is 0 Å². The number of benzene rings is 1. The normalized spacial score (nSPS) is 20.5. The summed E-state index contributed by atoms with van der Waals surface area (Å²) in [5, 5.41) is 8.86. The molecule has 0 radical (unpaired) electrons. The van der Waals surface area contributed by atoms with Crippen LogP contribution in [0.3, 0.4) is 0 Å². The number of likely N-dealkylation sites (tertiary alicyclic amines) is 1. The Morgan fingerprint density at radius 3 is 2.67 bits per heavy atom. The van der Waals surface area contributed by atoms with Crippen LogP contribution in [0.1, 0.15) is 28.8 Å². The second kappa shape index (κ2) is 6.01. The van der Waals surface area contributed by atoms with Crippen molar-refractivity contribution in [3.63, 3.8) is 0 Å². The fraction of sp³-hybridized carbons (Fsp3) is 0.500. The third-order valence-electron chi connectivity index (χ3n) is 3.58. The van der Waals surface area contributed by atoms with E-state index in [1.807, 2.05) is 0 Å². The van der Waals surface area contributed by atoms with E-state index in [-0.39, 0.29) is 25.1 Å². The number of carboxylic acids is 1. The van der Waals surface area contributed by atoms with Gasteiger partial charge in [-0.25, -0.2) is 9.18 Å². The van der Waals surface area contributed by atoms with Crippen molar-refractivity contribution in [1.29, 1.82) is 0 Å². The summed E-state index contributed by atoms with van der Waals surface area (Å²) in [5.41, 5.74) is 0.171. The van der Waals surface area contributed by atoms with Crippen molar-refractivity contribution < 1.29 is 27.5 Å². The number of carboxylic acid groups (broad SMARTS) is 1. The van der Waals surface area contributed by atoms with Gasteiger partial charge in [-0.05, 0) is 43.1 Å². The van der Waals surface area contributed by atoms with E-state index in [4.69, 9.17) is 5.11 Å². The van der Waals surface area contributed by atoms with E-state index in [1.54, 1.807) is 4.90 Å². The van der Waals surface area contributed by atoms with Crippen LogP contribution in [0.15, 0.2) is 18.2 Å². The van der Waals surface area contributed by atoms with Crippen molar-refractivity contribution in [3.8, 4) is 0 Å². The van der Waals surface area contributed by atoms with Gasteiger partial charge in [-0.2, -0.15) is 13.2 Å². The fourth-order valence-electron chi connectivity index (χ4n) is 2.59. The Morgan fingerprint density at radius 1 is 1.33 bits per heavy atom. The first-order valence-corrected chi connectivity index (χ1v) is 6.57. The predicted octanol–water partition coefficient (Wildman–Crippen LogP) is 3.30. The van der Waals surface area contributed by atoms with Gasteiger partial charge in [0.05, 0.1) is 11.5 Å². The number of aromatic carboxylic acids is 1. The zero-order chi connectivity index (χ0) is 15.6. The number of piperidine rings is 1. The molecule has 3 nitrogen and oxygen atoms in total. The lowest BCUT2D eigenvalue weighted by molar-refractivity contribution is -0.187. The van der Waals surface area contributed by atoms with Crippen LogP contribution >= 0.6 is 0 Å².